The van der Waals surface area contributed by atoms with E-state index in [4.69, 9.17) is 0 Å². The smallest absolute Gasteiger partial charge is 0.0473 e. The Kier molecular flexibility index (Phi) is 2.74. The first-order chi connectivity index (χ1) is 3.50. The Labute approximate surface area is 54.9 Å². The third kappa shape index (κ3) is 1.99. The molecule has 0 unspecified atom stereocenters. The summed E-state index contributed by atoms with van der Waals surface area (Å²) in [6.07, 6.45) is 1.33. The molecule has 0 amide bonds. The van der Waals surface area contributed by atoms with Gasteiger partial charge in [0, 0.05) is 8.80 Å². The molecule has 0 spiro atoms. The molecule has 0 atom stereocenters. The van der Waals surface area contributed by atoms with Crippen molar-refractivity contribution in [1.29, 1.82) is 0 Å². The number of hydrogen-bond donors (Lipinski definition) is 0. The van der Waals surface area contributed by atoms with Crippen LogP contribution >= 0.6 is 0 Å². The number of hydrogen-bond acceptors (Lipinski definition) is 0. The van der Waals surface area contributed by atoms with Gasteiger partial charge in [0.15, 0.2) is 0 Å². The Bertz CT molecular complexity index is 64.8. The molecule has 0 N–H and O–H groups in total. The van der Waals surface area contributed by atoms with Crippen LogP contribution in [0.15, 0.2) is 0 Å². The van der Waals surface area contributed by atoms with Crippen molar-refractivity contribution in [2.45, 2.75) is 45.3 Å². The van der Waals surface area contributed by atoms with Crippen molar-refractivity contribution in [3.63, 3.8) is 0 Å². The molecule has 8 heavy (non-hydrogen) atoms. The SMILES string of the molecule is CCC(C)(C)[Si](C)C. The average molecular weight is 129 g/mol. The highest BCUT2D eigenvalue weighted by atomic mass is 28.3. The molecule has 49 valence electrons. The molecule has 0 aromatic carbocycles. The van der Waals surface area contributed by atoms with Gasteiger partial charge in [0.2, 0.25) is 0 Å². The van der Waals surface area contributed by atoms with Crippen molar-refractivity contribution >= 4 is 8.80 Å². The lowest BCUT2D eigenvalue weighted by Gasteiger charge is -2.25. The quantitative estimate of drug-likeness (QED) is 0.503. The van der Waals surface area contributed by atoms with Gasteiger partial charge < -0.3 is 0 Å². The second-order valence-corrected chi connectivity index (χ2v) is 6.59. The van der Waals surface area contributed by atoms with Crippen LogP contribution in [0.2, 0.25) is 18.1 Å². The topological polar surface area (TPSA) is 0 Å². The molecule has 1 heteroatoms. The van der Waals surface area contributed by atoms with Crippen molar-refractivity contribution in [3.8, 4) is 0 Å². The maximum atomic E-state index is 2.38. The van der Waals surface area contributed by atoms with Crippen LogP contribution in [0.1, 0.15) is 27.2 Å². The zero-order chi connectivity index (χ0) is 6.78. The Balaban J connectivity index is 3.71. The summed E-state index contributed by atoms with van der Waals surface area (Å²) in [6, 6.07) is 0. The van der Waals surface area contributed by atoms with Crippen LogP contribution in [0.3, 0.4) is 0 Å². The lowest BCUT2D eigenvalue weighted by atomic mass is 10.1. The van der Waals surface area contributed by atoms with Crippen molar-refractivity contribution < 1.29 is 0 Å². The fourth-order valence-electron chi connectivity index (χ4n) is 0.354. The van der Waals surface area contributed by atoms with Gasteiger partial charge in [-0.25, -0.2) is 0 Å². The second-order valence-electron chi connectivity index (χ2n) is 3.24. The first-order valence-electron chi connectivity index (χ1n) is 3.31. The maximum Gasteiger partial charge on any atom is 0.0473 e. The molecule has 0 aliphatic carbocycles. The van der Waals surface area contributed by atoms with E-state index in [1.165, 1.54) is 6.42 Å². The zero-order valence-electron chi connectivity index (χ0n) is 6.71. The second kappa shape index (κ2) is 2.67. The largest absolute Gasteiger partial charge is 0.0709 e. The van der Waals surface area contributed by atoms with Crippen molar-refractivity contribution in [2.24, 2.45) is 0 Å². The highest BCUT2D eigenvalue weighted by Gasteiger charge is 2.20. The summed E-state index contributed by atoms with van der Waals surface area (Å²) in [5.41, 5.74) is 0. The van der Waals surface area contributed by atoms with Gasteiger partial charge in [0.05, 0.1) is 0 Å². The molecule has 0 saturated carbocycles. The van der Waals surface area contributed by atoms with Crippen LogP contribution in [0.5, 0.6) is 0 Å². The summed E-state index contributed by atoms with van der Waals surface area (Å²) in [7, 11) is -0.0617. The lowest BCUT2D eigenvalue weighted by Crippen LogP contribution is -2.19. The zero-order valence-corrected chi connectivity index (χ0v) is 7.71. The standard InChI is InChI=1S/C7H17Si/c1-6-7(2,3)8(4)5/h6H2,1-5H3. The van der Waals surface area contributed by atoms with Crippen molar-refractivity contribution in [1.82, 2.24) is 0 Å². The van der Waals surface area contributed by atoms with Gasteiger partial charge in [-0.2, -0.15) is 0 Å². The average Bonchev–Trinajstić information content (AvgIpc) is 1.67. The van der Waals surface area contributed by atoms with Crippen LogP contribution in [0.25, 0.3) is 0 Å². The Hall–Kier alpha value is 0.217. The minimum atomic E-state index is -0.0617. The molecular weight excluding hydrogens is 112 g/mol. The molecule has 0 aliphatic rings. The lowest BCUT2D eigenvalue weighted by molar-refractivity contribution is 0.634. The first-order valence-corrected chi connectivity index (χ1v) is 5.81. The maximum absolute atomic E-state index is 2.38. The van der Waals surface area contributed by atoms with E-state index in [2.05, 4.69) is 33.9 Å². The molecule has 0 aliphatic heterocycles. The van der Waals surface area contributed by atoms with Crippen LogP contribution < -0.4 is 0 Å². The van der Waals surface area contributed by atoms with Gasteiger partial charge >= 0.3 is 0 Å². The van der Waals surface area contributed by atoms with Gasteiger partial charge in [0.25, 0.3) is 0 Å². The molecule has 0 fully saturated rings. The molecule has 0 aromatic rings. The molecule has 0 saturated heterocycles. The van der Waals surface area contributed by atoms with Crippen LogP contribution in [0, 0.1) is 0 Å². The summed E-state index contributed by atoms with van der Waals surface area (Å²) in [5, 5.41) is 0.644. The molecule has 0 bridgehead atoms. The van der Waals surface area contributed by atoms with Gasteiger partial charge in [-0.1, -0.05) is 40.3 Å². The summed E-state index contributed by atoms with van der Waals surface area (Å²) in [6.45, 7) is 11.8. The fourth-order valence-corrected chi connectivity index (χ4v) is 1.06. The van der Waals surface area contributed by atoms with Crippen LogP contribution in [-0.4, -0.2) is 8.80 Å². The predicted octanol–water partition coefficient (Wildman–Crippen LogP) is 2.93. The van der Waals surface area contributed by atoms with Crippen LogP contribution in [0.4, 0.5) is 0 Å². The minimum absolute atomic E-state index is 0.0617. The van der Waals surface area contributed by atoms with E-state index in [9.17, 15) is 0 Å². The van der Waals surface area contributed by atoms with E-state index in [1.807, 2.05) is 0 Å². The molecule has 0 heterocycles. The fraction of sp³-hybridized carbons (Fsp3) is 1.00. The van der Waals surface area contributed by atoms with Crippen molar-refractivity contribution in [3.05, 3.63) is 0 Å². The summed E-state index contributed by atoms with van der Waals surface area (Å²) < 4.78 is 0. The molecule has 0 nitrogen and oxygen atoms in total. The van der Waals surface area contributed by atoms with E-state index < -0.39 is 0 Å². The Morgan fingerprint density at radius 1 is 1.25 bits per heavy atom. The first kappa shape index (κ1) is 8.22. The molecule has 0 rings (SSSR count). The van der Waals surface area contributed by atoms with Crippen molar-refractivity contribution in [2.75, 3.05) is 0 Å². The van der Waals surface area contributed by atoms with Crippen LogP contribution in [-0.2, 0) is 0 Å². The van der Waals surface area contributed by atoms with E-state index in [-0.39, 0.29) is 8.80 Å². The Morgan fingerprint density at radius 3 is 1.62 bits per heavy atom. The van der Waals surface area contributed by atoms with E-state index >= 15 is 0 Å². The predicted molar refractivity (Wildman–Crippen MR) is 41.8 cm³/mol. The summed E-state index contributed by atoms with van der Waals surface area (Å²) >= 11 is 0. The van der Waals surface area contributed by atoms with Gasteiger partial charge in [0.1, 0.15) is 0 Å². The van der Waals surface area contributed by atoms with E-state index in [0.29, 0.717) is 5.04 Å². The third-order valence-electron chi connectivity index (χ3n) is 2.24. The highest BCUT2D eigenvalue weighted by molar-refractivity contribution is 6.59. The Morgan fingerprint density at radius 2 is 1.62 bits per heavy atom. The summed E-state index contributed by atoms with van der Waals surface area (Å²) in [5.74, 6) is 0. The third-order valence-corrected chi connectivity index (χ3v) is 5.30. The number of rotatable bonds is 2. The molecular formula is C7H17Si. The minimum Gasteiger partial charge on any atom is -0.0709 e. The van der Waals surface area contributed by atoms with E-state index in [1.54, 1.807) is 0 Å². The normalized spacial score (nSPS) is 12.8. The van der Waals surface area contributed by atoms with Gasteiger partial charge in [-0.15, -0.1) is 0 Å². The van der Waals surface area contributed by atoms with Gasteiger partial charge in [-0.3, -0.25) is 0 Å². The van der Waals surface area contributed by atoms with Gasteiger partial charge in [-0.05, 0) is 5.04 Å². The van der Waals surface area contributed by atoms with E-state index in [0.717, 1.165) is 0 Å². The highest BCUT2D eigenvalue weighted by Crippen LogP contribution is 2.31. The summed E-state index contributed by atoms with van der Waals surface area (Å²) in [4.78, 5) is 0. The molecule has 0 aromatic heterocycles. The monoisotopic (exact) mass is 129 g/mol. The molecule has 1 radical (unpaired) electrons.